The van der Waals surface area contributed by atoms with Gasteiger partial charge in [-0.05, 0) is 13.3 Å². The van der Waals surface area contributed by atoms with Gasteiger partial charge in [-0.2, -0.15) is 0 Å². The van der Waals surface area contributed by atoms with Gasteiger partial charge in [0, 0.05) is 13.1 Å². The van der Waals surface area contributed by atoms with E-state index in [4.69, 9.17) is 9.63 Å². The molecule has 2 heterocycles. The molecule has 1 aromatic rings. The SMILES string of the molecule is Cc1oncc1C(=O)N1CCC(C(=O)O)C1. The van der Waals surface area contributed by atoms with Crippen LogP contribution in [0.5, 0.6) is 0 Å². The number of amides is 1. The van der Waals surface area contributed by atoms with E-state index in [1.807, 2.05) is 0 Å². The first-order valence-electron chi connectivity index (χ1n) is 5.03. The Balaban J connectivity index is 2.08. The number of carbonyl (C=O) groups excluding carboxylic acids is 1. The lowest BCUT2D eigenvalue weighted by atomic mass is 10.1. The second-order valence-corrected chi connectivity index (χ2v) is 3.87. The van der Waals surface area contributed by atoms with Crippen LogP contribution in [0, 0.1) is 12.8 Å². The first kappa shape index (κ1) is 10.7. The van der Waals surface area contributed by atoms with Crippen LogP contribution in [-0.2, 0) is 4.79 Å². The minimum atomic E-state index is -0.850. The molecule has 86 valence electrons. The van der Waals surface area contributed by atoms with Gasteiger partial charge in [-0.3, -0.25) is 9.59 Å². The van der Waals surface area contributed by atoms with Crippen molar-refractivity contribution >= 4 is 11.9 Å². The largest absolute Gasteiger partial charge is 0.481 e. The fraction of sp³-hybridized carbons (Fsp3) is 0.500. The van der Waals surface area contributed by atoms with E-state index >= 15 is 0 Å². The number of carboxylic acids is 1. The molecule has 6 heteroatoms. The van der Waals surface area contributed by atoms with Crippen LogP contribution < -0.4 is 0 Å². The molecule has 0 saturated carbocycles. The summed E-state index contributed by atoms with van der Waals surface area (Å²) < 4.78 is 4.81. The zero-order valence-electron chi connectivity index (χ0n) is 8.84. The Morgan fingerprint density at radius 3 is 2.88 bits per heavy atom. The van der Waals surface area contributed by atoms with Crippen molar-refractivity contribution < 1.29 is 19.2 Å². The van der Waals surface area contributed by atoms with Gasteiger partial charge in [-0.25, -0.2) is 0 Å². The van der Waals surface area contributed by atoms with Crippen LogP contribution in [0.1, 0.15) is 22.5 Å². The zero-order chi connectivity index (χ0) is 11.7. The van der Waals surface area contributed by atoms with Gasteiger partial charge in [0.15, 0.2) is 0 Å². The average molecular weight is 224 g/mol. The smallest absolute Gasteiger partial charge is 0.308 e. The van der Waals surface area contributed by atoms with Crippen LogP contribution in [0.15, 0.2) is 10.7 Å². The molecular formula is C10H12N2O4. The predicted octanol–water partition coefficient (Wildman–Crippen LogP) is 0.530. The molecule has 0 aromatic carbocycles. The summed E-state index contributed by atoms with van der Waals surface area (Å²) in [4.78, 5) is 24.2. The van der Waals surface area contributed by atoms with Crippen molar-refractivity contribution in [1.29, 1.82) is 0 Å². The number of aryl methyl sites for hydroxylation is 1. The molecule has 2 rings (SSSR count). The van der Waals surface area contributed by atoms with E-state index in [0.29, 0.717) is 24.3 Å². The number of nitrogens with zero attached hydrogens (tertiary/aromatic N) is 2. The summed E-state index contributed by atoms with van der Waals surface area (Å²) in [6, 6.07) is 0. The predicted molar refractivity (Wildman–Crippen MR) is 52.9 cm³/mol. The van der Waals surface area contributed by atoms with Crippen LogP contribution in [0.2, 0.25) is 0 Å². The normalized spacial score (nSPS) is 20.1. The standard InChI is InChI=1S/C10H12N2O4/c1-6-8(4-11-16-6)9(13)12-3-2-7(5-12)10(14)15/h4,7H,2-3,5H2,1H3,(H,14,15). The molecule has 1 fully saturated rings. The molecule has 1 unspecified atom stereocenters. The average Bonchev–Trinajstić information content (AvgIpc) is 2.84. The fourth-order valence-corrected chi connectivity index (χ4v) is 1.82. The van der Waals surface area contributed by atoms with Crippen molar-refractivity contribution in [2.24, 2.45) is 5.92 Å². The highest BCUT2D eigenvalue weighted by Crippen LogP contribution is 2.19. The molecule has 1 saturated heterocycles. The van der Waals surface area contributed by atoms with Crippen LogP contribution in [0.4, 0.5) is 0 Å². The molecule has 1 amide bonds. The second kappa shape index (κ2) is 3.96. The zero-order valence-corrected chi connectivity index (χ0v) is 8.84. The van der Waals surface area contributed by atoms with Gasteiger partial charge in [-0.15, -0.1) is 0 Å². The molecule has 0 spiro atoms. The van der Waals surface area contributed by atoms with Crippen LogP contribution >= 0.6 is 0 Å². The van der Waals surface area contributed by atoms with Crippen LogP contribution in [0.25, 0.3) is 0 Å². The Morgan fingerprint density at radius 1 is 1.62 bits per heavy atom. The number of aliphatic carboxylic acids is 1. The van der Waals surface area contributed by atoms with Gasteiger partial charge >= 0.3 is 5.97 Å². The number of rotatable bonds is 2. The Kier molecular flexibility index (Phi) is 2.64. The molecule has 0 aliphatic carbocycles. The molecule has 6 nitrogen and oxygen atoms in total. The van der Waals surface area contributed by atoms with Crippen molar-refractivity contribution in [3.8, 4) is 0 Å². The van der Waals surface area contributed by atoms with E-state index in [1.54, 1.807) is 6.92 Å². The number of hydrogen-bond acceptors (Lipinski definition) is 4. The molecular weight excluding hydrogens is 212 g/mol. The van der Waals surface area contributed by atoms with E-state index in [9.17, 15) is 9.59 Å². The summed E-state index contributed by atoms with van der Waals surface area (Å²) in [5, 5.41) is 12.4. The molecule has 0 bridgehead atoms. The number of likely N-dealkylation sites (tertiary alicyclic amines) is 1. The first-order valence-corrected chi connectivity index (χ1v) is 5.03. The number of carbonyl (C=O) groups is 2. The van der Waals surface area contributed by atoms with Gasteiger partial charge in [0.25, 0.3) is 5.91 Å². The highest BCUT2D eigenvalue weighted by Gasteiger charge is 2.32. The maximum atomic E-state index is 11.9. The first-order chi connectivity index (χ1) is 7.59. The van der Waals surface area contributed by atoms with E-state index in [0.717, 1.165) is 0 Å². The molecule has 1 atom stereocenters. The third kappa shape index (κ3) is 1.78. The van der Waals surface area contributed by atoms with Crippen LogP contribution in [0.3, 0.4) is 0 Å². The molecule has 0 radical (unpaired) electrons. The maximum Gasteiger partial charge on any atom is 0.308 e. The summed E-state index contributed by atoms with van der Waals surface area (Å²) in [5.41, 5.74) is 0.408. The molecule has 1 N–H and O–H groups in total. The van der Waals surface area contributed by atoms with Gasteiger partial charge in [0.2, 0.25) is 0 Å². The third-order valence-corrected chi connectivity index (χ3v) is 2.81. The van der Waals surface area contributed by atoms with Gasteiger partial charge in [0.05, 0.1) is 12.1 Å². The minimum absolute atomic E-state index is 0.206. The summed E-state index contributed by atoms with van der Waals surface area (Å²) >= 11 is 0. The van der Waals surface area contributed by atoms with Crippen molar-refractivity contribution in [1.82, 2.24) is 10.1 Å². The van der Waals surface area contributed by atoms with Gasteiger partial charge in [0.1, 0.15) is 11.3 Å². The molecule has 1 aliphatic heterocycles. The van der Waals surface area contributed by atoms with E-state index in [2.05, 4.69) is 5.16 Å². The maximum absolute atomic E-state index is 11.9. The van der Waals surface area contributed by atoms with Crippen molar-refractivity contribution in [3.63, 3.8) is 0 Å². The minimum Gasteiger partial charge on any atom is -0.481 e. The summed E-state index contributed by atoms with van der Waals surface area (Å²) in [6.07, 6.45) is 1.87. The summed E-state index contributed by atoms with van der Waals surface area (Å²) in [6.45, 7) is 2.39. The lowest BCUT2D eigenvalue weighted by Gasteiger charge is -2.14. The monoisotopic (exact) mass is 224 g/mol. The lowest BCUT2D eigenvalue weighted by molar-refractivity contribution is -0.141. The Hall–Kier alpha value is -1.85. The topological polar surface area (TPSA) is 83.6 Å². The van der Waals surface area contributed by atoms with E-state index in [-0.39, 0.29) is 12.5 Å². The highest BCUT2D eigenvalue weighted by molar-refractivity contribution is 5.95. The van der Waals surface area contributed by atoms with E-state index < -0.39 is 11.9 Å². The Labute approximate surface area is 91.8 Å². The molecule has 1 aromatic heterocycles. The Morgan fingerprint density at radius 2 is 2.38 bits per heavy atom. The summed E-state index contributed by atoms with van der Waals surface area (Å²) in [5.74, 6) is -1.05. The van der Waals surface area contributed by atoms with E-state index in [1.165, 1.54) is 11.1 Å². The van der Waals surface area contributed by atoms with Gasteiger partial charge in [-0.1, -0.05) is 5.16 Å². The lowest BCUT2D eigenvalue weighted by Crippen LogP contribution is -2.30. The number of aromatic nitrogens is 1. The van der Waals surface area contributed by atoms with Crippen LogP contribution in [-0.4, -0.2) is 40.1 Å². The summed E-state index contributed by atoms with van der Waals surface area (Å²) in [7, 11) is 0. The number of carboxylic acid groups (broad SMARTS) is 1. The van der Waals surface area contributed by atoms with Crippen molar-refractivity contribution in [3.05, 3.63) is 17.5 Å². The highest BCUT2D eigenvalue weighted by atomic mass is 16.5. The van der Waals surface area contributed by atoms with Crippen molar-refractivity contribution in [2.45, 2.75) is 13.3 Å². The fourth-order valence-electron chi connectivity index (χ4n) is 1.82. The third-order valence-electron chi connectivity index (χ3n) is 2.81. The van der Waals surface area contributed by atoms with Gasteiger partial charge < -0.3 is 14.5 Å². The quantitative estimate of drug-likeness (QED) is 0.792. The second-order valence-electron chi connectivity index (χ2n) is 3.87. The van der Waals surface area contributed by atoms with Crippen molar-refractivity contribution in [2.75, 3.05) is 13.1 Å². The number of hydrogen-bond donors (Lipinski definition) is 1. The molecule has 1 aliphatic rings. The molecule has 16 heavy (non-hydrogen) atoms. The Bertz CT molecular complexity index is 426.